The van der Waals surface area contributed by atoms with Crippen molar-refractivity contribution in [1.82, 2.24) is 0 Å². The van der Waals surface area contributed by atoms with Gasteiger partial charge in [-0.1, -0.05) is 60.2 Å². The molecule has 0 aliphatic carbocycles. The zero-order valence-corrected chi connectivity index (χ0v) is 10.5. The van der Waals surface area contributed by atoms with Crippen LogP contribution in [0.3, 0.4) is 0 Å². The molecule has 0 radical (unpaired) electrons. The Morgan fingerprint density at radius 1 is 1.00 bits per heavy atom. The van der Waals surface area contributed by atoms with Crippen LogP contribution in [-0.4, -0.2) is 11.7 Å². The normalized spacial score (nSPS) is 12.3. The molecule has 1 atom stereocenters. The van der Waals surface area contributed by atoms with Crippen LogP contribution in [0.4, 0.5) is 0 Å². The lowest BCUT2D eigenvalue weighted by Crippen LogP contribution is -2.07. The minimum absolute atomic E-state index is 0.317. The molecule has 2 heteroatoms. The molecule has 2 nitrogen and oxygen atoms in total. The second-order valence-corrected chi connectivity index (χ2v) is 4.43. The highest BCUT2D eigenvalue weighted by Crippen LogP contribution is 2.14. The van der Waals surface area contributed by atoms with Gasteiger partial charge >= 0.3 is 0 Å². The summed E-state index contributed by atoms with van der Waals surface area (Å²) in [6.45, 7) is 2.88. The topological polar surface area (TPSA) is 29.5 Å². The number of aliphatic hydroxyl groups excluding tert-OH is 1. The van der Waals surface area contributed by atoms with Crippen LogP contribution in [0.2, 0.25) is 0 Å². The molecule has 0 aromatic heterocycles. The molecule has 0 aliphatic heterocycles. The zero-order valence-electron chi connectivity index (χ0n) is 10.5. The fraction of sp³-hybridized carbons (Fsp3) is 0.250. The van der Waals surface area contributed by atoms with Crippen LogP contribution in [-0.2, 0) is 11.3 Å². The van der Waals surface area contributed by atoms with Crippen LogP contribution in [0, 0.1) is 6.92 Å². The summed E-state index contributed by atoms with van der Waals surface area (Å²) >= 11 is 0. The summed E-state index contributed by atoms with van der Waals surface area (Å²) in [5.74, 6) is 0. The van der Waals surface area contributed by atoms with Crippen molar-refractivity contribution >= 4 is 0 Å². The van der Waals surface area contributed by atoms with Crippen LogP contribution in [0.25, 0.3) is 0 Å². The SMILES string of the molecule is Cc1ccc(C(O)COCc2ccccc2)cc1. The fourth-order valence-corrected chi connectivity index (χ4v) is 1.75. The lowest BCUT2D eigenvalue weighted by molar-refractivity contribution is 0.0277. The Morgan fingerprint density at radius 2 is 1.67 bits per heavy atom. The Bertz CT molecular complexity index is 462. The third kappa shape index (κ3) is 3.69. The Hall–Kier alpha value is -1.64. The monoisotopic (exact) mass is 242 g/mol. The number of hydrogen-bond donors (Lipinski definition) is 1. The van der Waals surface area contributed by atoms with Gasteiger partial charge in [-0.3, -0.25) is 0 Å². The number of ether oxygens (including phenoxy) is 1. The van der Waals surface area contributed by atoms with Crippen molar-refractivity contribution in [3.8, 4) is 0 Å². The first-order valence-electron chi connectivity index (χ1n) is 6.12. The lowest BCUT2D eigenvalue weighted by atomic mass is 10.1. The Balaban J connectivity index is 1.81. The van der Waals surface area contributed by atoms with Gasteiger partial charge in [-0.25, -0.2) is 0 Å². The molecule has 0 saturated carbocycles. The van der Waals surface area contributed by atoms with Gasteiger partial charge in [0.2, 0.25) is 0 Å². The summed E-state index contributed by atoms with van der Waals surface area (Å²) in [6.07, 6.45) is -0.561. The predicted molar refractivity (Wildman–Crippen MR) is 72.2 cm³/mol. The largest absolute Gasteiger partial charge is 0.386 e. The van der Waals surface area contributed by atoms with E-state index in [1.807, 2.05) is 61.5 Å². The van der Waals surface area contributed by atoms with E-state index in [4.69, 9.17) is 4.74 Å². The Labute approximate surface area is 108 Å². The van der Waals surface area contributed by atoms with Crippen molar-refractivity contribution in [2.75, 3.05) is 6.61 Å². The summed E-state index contributed by atoms with van der Waals surface area (Å²) in [7, 11) is 0. The molecule has 0 aliphatic rings. The quantitative estimate of drug-likeness (QED) is 0.872. The molecule has 0 spiro atoms. The zero-order chi connectivity index (χ0) is 12.8. The smallest absolute Gasteiger partial charge is 0.102 e. The summed E-state index contributed by atoms with van der Waals surface area (Å²) in [5, 5.41) is 9.96. The van der Waals surface area contributed by atoms with Crippen LogP contribution in [0.1, 0.15) is 22.8 Å². The summed E-state index contributed by atoms with van der Waals surface area (Å²) in [6, 6.07) is 17.8. The molecule has 2 aromatic rings. The first-order valence-corrected chi connectivity index (χ1v) is 6.12. The minimum atomic E-state index is -0.561. The van der Waals surface area contributed by atoms with E-state index in [0.717, 1.165) is 11.1 Å². The second-order valence-electron chi connectivity index (χ2n) is 4.43. The number of benzene rings is 2. The summed E-state index contributed by atoms with van der Waals surface area (Å²) in [5.41, 5.74) is 3.21. The molecule has 1 N–H and O–H groups in total. The number of aliphatic hydroxyl groups is 1. The van der Waals surface area contributed by atoms with Crippen molar-refractivity contribution in [3.05, 3.63) is 71.3 Å². The third-order valence-electron chi connectivity index (χ3n) is 2.85. The van der Waals surface area contributed by atoms with E-state index in [-0.39, 0.29) is 0 Å². The highest BCUT2D eigenvalue weighted by molar-refractivity contribution is 5.23. The third-order valence-corrected chi connectivity index (χ3v) is 2.85. The number of hydrogen-bond acceptors (Lipinski definition) is 2. The van der Waals surface area contributed by atoms with Crippen molar-refractivity contribution in [1.29, 1.82) is 0 Å². The first-order chi connectivity index (χ1) is 8.75. The van der Waals surface area contributed by atoms with E-state index >= 15 is 0 Å². The van der Waals surface area contributed by atoms with E-state index < -0.39 is 6.10 Å². The predicted octanol–water partition coefficient (Wildman–Crippen LogP) is 3.25. The van der Waals surface area contributed by atoms with Gasteiger partial charge in [-0.15, -0.1) is 0 Å². The molecular formula is C16H18O2. The van der Waals surface area contributed by atoms with Gasteiger partial charge in [0.1, 0.15) is 6.10 Å². The Morgan fingerprint density at radius 3 is 2.33 bits per heavy atom. The average Bonchev–Trinajstić information content (AvgIpc) is 2.40. The van der Waals surface area contributed by atoms with E-state index in [0.29, 0.717) is 13.2 Å². The van der Waals surface area contributed by atoms with Crippen molar-refractivity contribution < 1.29 is 9.84 Å². The highest BCUT2D eigenvalue weighted by Gasteiger charge is 2.07. The van der Waals surface area contributed by atoms with Gasteiger partial charge in [0, 0.05) is 0 Å². The van der Waals surface area contributed by atoms with Crippen LogP contribution in [0.15, 0.2) is 54.6 Å². The average molecular weight is 242 g/mol. The van der Waals surface area contributed by atoms with Crippen molar-refractivity contribution in [2.24, 2.45) is 0 Å². The molecule has 2 rings (SSSR count). The maximum atomic E-state index is 9.96. The standard InChI is InChI=1S/C16H18O2/c1-13-7-9-15(10-8-13)16(17)12-18-11-14-5-3-2-4-6-14/h2-10,16-17H,11-12H2,1H3. The summed E-state index contributed by atoms with van der Waals surface area (Å²) < 4.78 is 5.52. The maximum absolute atomic E-state index is 9.96. The lowest BCUT2D eigenvalue weighted by Gasteiger charge is -2.12. The fourth-order valence-electron chi connectivity index (χ4n) is 1.75. The number of rotatable bonds is 5. The molecule has 0 amide bonds. The molecule has 0 heterocycles. The molecule has 0 saturated heterocycles. The van der Waals surface area contributed by atoms with E-state index in [1.165, 1.54) is 5.56 Å². The van der Waals surface area contributed by atoms with E-state index in [1.54, 1.807) is 0 Å². The maximum Gasteiger partial charge on any atom is 0.102 e. The highest BCUT2D eigenvalue weighted by atomic mass is 16.5. The molecule has 0 fully saturated rings. The summed E-state index contributed by atoms with van der Waals surface area (Å²) in [4.78, 5) is 0. The van der Waals surface area contributed by atoms with Gasteiger partial charge < -0.3 is 9.84 Å². The van der Waals surface area contributed by atoms with Gasteiger partial charge in [0.25, 0.3) is 0 Å². The molecular weight excluding hydrogens is 224 g/mol. The molecule has 18 heavy (non-hydrogen) atoms. The van der Waals surface area contributed by atoms with Crippen LogP contribution >= 0.6 is 0 Å². The Kier molecular flexibility index (Phi) is 4.51. The van der Waals surface area contributed by atoms with Crippen LogP contribution in [0.5, 0.6) is 0 Å². The molecule has 94 valence electrons. The first kappa shape index (κ1) is 12.8. The number of aryl methyl sites for hydroxylation is 1. The van der Waals surface area contributed by atoms with E-state index in [2.05, 4.69) is 0 Å². The van der Waals surface area contributed by atoms with Gasteiger partial charge in [-0.05, 0) is 18.1 Å². The van der Waals surface area contributed by atoms with Gasteiger partial charge in [-0.2, -0.15) is 0 Å². The van der Waals surface area contributed by atoms with Gasteiger partial charge in [0.15, 0.2) is 0 Å². The minimum Gasteiger partial charge on any atom is -0.386 e. The second kappa shape index (κ2) is 6.34. The van der Waals surface area contributed by atoms with Crippen LogP contribution < -0.4 is 0 Å². The van der Waals surface area contributed by atoms with Crippen molar-refractivity contribution in [3.63, 3.8) is 0 Å². The molecule has 0 bridgehead atoms. The molecule has 1 unspecified atom stereocenters. The van der Waals surface area contributed by atoms with E-state index in [9.17, 15) is 5.11 Å². The van der Waals surface area contributed by atoms with Gasteiger partial charge in [0.05, 0.1) is 13.2 Å². The molecule has 2 aromatic carbocycles. The van der Waals surface area contributed by atoms with Crippen molar-refractivity contribution in [2.45, 2.75) is 19.6 Å².